The SMILES string of the molecule is CC(C)(F)[C@@H]1CC1(N[C@@H](c1ccc(-c2ccc([C@@H](O)C(F)F)cc2)cc1)C(F)(F)F)C1OC1N[C@H](C#N)Cc1ccc(S(C)(=O)=O)cc1. The molecule has 2 fully saturated rings. The van der Waals surface area contributed by atoms with Gasteiger partial charge in [-0.1, -0.05) is 60.7 Å². The normalized spacial score (nSPS) is 24.5. The Bertz CT molecular complexity index is 1740. The fourth-order valence-electron chi connectivity index (χ4n) is 6.28. The van der Waals surface area contributed by atoms with Crippen LogP contribution in [-0.2, 0) is 21.0 Å². The van der Waals surface area contributed by atoms with Gasteiger partial charge in [0, 0.05) is 18.6 Å². The summed E-state index contributed by atoms with van der Waals surface area (Å²) in [5.74, 6) is -0.822. The Morgan fingerprint density at radius 2 is 1.50 bits per heavy atom. The highest BCUT2D eigenvalue weighted by molar-refractivity contribution is 7.90. The number of aliphatic hydroxyl groups excluding tert-OH is 1. The minimum absolute atomic E-state index is 0.00575. The lowest BCUT2D eigenvalue weighted by Gasteiger charge is -2.30. The van der Waals surface area contributed by atoms with Crippen LogP contribution in [0.3, 0.4) is 0 Å². The van der Waals surface area contributed by atoms with Crippen LogP contribution in [0.15, 0.2) is 77.7 Å². The highest BCUT2D eigenvalue weighted by Gasteiger charge is 2.73. The third-order valence-electron chi connectivity index (χ3n) is 8.95. The molecule has 14 heteroatoms. The summed E-state index contributed by atoms with van der Waals surface area (Å²) in [4.78, 5) is 0.121. The van der Waals surface area contributed by atoms with E-state index in [1.165, 1.54) is 74.5 Å². The van der Waals surface area contributed by atoms with Crippen molar-refractivity contribution >= 4 is 9.84 Å². The number of benzene rings is 3. The first kappa shape index (κ1) is 35.8. The maximum atomic E-state index is 15.3. The molecule has 0 amide bonds. The Balaban J connectivity index is 1.32. The molecule has 0 bridgehead atoms. The predicted octanol–water partition coefficient (Wildman–Crippen LogP) is 6.20. The average molecular weight is 696 g/mol. The Morgan fingerprint density at radius 3 is 1.94 bits per heavy atom. The molecule has 1 heterocycles. The van der Waals surface area contributed by atoms with E-state index in [9.17, 15) is 40.7 Å². The number of sulfone groups is 1. The first-order chi connectivity index (χ1) is 22.3. The second kappa shape index (κ2) is 13.1. The van der Waals surface area contributed by atoms with E-state index in [1.807, 2.05) is 0 Å². The summed E-state index contributed by atoms with van der Waals surface area (Å²) in [5, 5.41) is 25.0. The smallest absolute Gasteiger partial charge is 0.382 e. The Kier molecular flexibility index (Phi) is 9.77. The van der Waals surface area contributed by atoms with Crippen molar-refractivity contribution in [3.63, 3.8) is 0 Å². The summed E-state index contributed by atoms with van der Waals surface area (Å²) in [7, 11) is -3.41. The van der Waals surface area contributed by atoms with Crippen molar-refractivity contribution in [3.8, 4) is 17.2 Å². The van der Waals surface area contributed by atoms with E-state index in [4.69, 9.17) is 4.74 Å². The summed E-state index contributed by atoms with van der Waals surface area (Å²) in [5.41, 5.74) is -1.65. The molecule has 0 aromatic heterocycles. The van der Waals surface area contributed by atoms with Crippen LogP contribution in [0, 0.1) is 17.2 Å². The molecular weight excluding hydrogens is 660 g/mol. The lowest BCUT2D eigenvalue weighted by atomic mass is 9.94. The Hall–Kier alpha value is -3.48. The minimum atomic E-state index is -4.78. The first-order valence-corrected chi connectivity index (χ1v) is 17.0. The van der Waals surface area contributed by atoms with E-state index >= 15 is 4.39 Å². The second-order valence-corrected chi connectivity index (χ2v) is 15.0. The number of ether oxygens (including phenoxy) is 1. The summed E-state index contributed by atoms with van der Waals surface area (Å²) < 4.78 is 114. The van der Waals surface area contributed by atoms with Gasteiger partial charge in [-0.2, -0.15) is 18.4 Å². The van der Waals surface area contributed by atoms with Crippen LogP contribution < -0.4 is 10.6 Å². The number of hydrogen-bond acceptors (Lipinski definition) is 7. The van der Waals surface area contributed by atoms with Crippen molar-refractivity contribution in [1.29, 1.82) is 5.26 Å². The molecule has 3 unspecified atom stereocenters. The molecule has 3 aromatic carbocycles. The van der Waals surface area contributed by atoms with E-state index in [0.29, 0.717) is 16.7 Å². The molecule has 2 aliphatic rings. The van der Waals surface area contributed by atoms with Gasteiger partial charge in [-0.25, -0.2) is 21.6 Å². The first-order valence-electron chi connectivity index (χ1n) is 15.1. The van der Waals surface area contributed by atoms with Crippen LogP contribution in [0.2, 0.25) is 0 Å². The zero-order valence-corrected chi connectivity index (χ0v) is 27.0. The average Bonchev–Trinajstić information content (AvgIpc) is 3.94. The molecule has 7 nitrogen and oxygen atoms in total. The van der Waals surface area contributed by atoms with Gasteiger partial charge in [0.1, 0.15) is 36.2 Å². The van der Waals surface area contributed by atoms with Crippen LogP contribution in [0.25, 0.3) is 11.1 Å². The maximum Gasteiger partial charge on any atom is 0.407 e. The number of epoxide rings is 1. The van der Waals surface area contributed by atoms with Gasteiger partial charge < -0.3 is 9.84 Å². The summed E-state index contributed by atoms with van der Waals surface area (Å²) >= 11 is 0. The van der Waals surface area contributed by atoms with E-state index in [0.717, 1.165) is 6.26 Å². The zero-order chi connectivity index (χ0) is 35.2. The monoisotopic (exact) mass is 695 g/mol. The number of nitrogens with one attached hydrogen (secondary N) is 2. The molecule has 48 heavy (non-hydrogen) atoms. The van der Waals surface area contributed by atoms with E-state index in [1.54, 1.807) is 12.1 Å². The van der Waals surface area contributed by atoms with Crippen LogP contribution in [0.4, 0.5) is 26.3 Å². The summed E-state index contributed by atoms with van der Waals surface area (Å²) in [6, 6.07) is 16.2. The lowest BCUT2D eigenvalue weighted by Crippen LogP contribution is -2.50. The van der Waals surface area contributed by atoms with Gasteiger partial charge in [-0.15, -0.1) is 0 Å². The van der Waals surface area contributed by atoms with Gasteiger partial charge >= 0.3 is 6.18 Å². The molecule has 3 N–H and O–H groups in total. The van der Waals surface area contributed by atoms with E-state index in [-0.39, 0.29) is 28.9 Å². The zero-order valence-electron chi connectivity index (χ0n) is 26.2. The van der Waals surface area contributed by atoms with Crippen LogP contribution in [0.5, 0.6) is 0 Å². The quantitative estimate of drug-likeness (QED) is 0.144. The maximum absolute atomic E-state index is 15.3. The van der Waals surface area contributed by atoms with Gasteiger partial charge in [-0.05, 0) is 60.2 Å². The van der Waals surface area contributed by atoms with Gasteiger partial charge in [0.15, 0.2) is 9.84 Å². The molecule has 258 valence electrons. The number of alkyl halides is 6. The fourth-order valence-corrected chi connectivity index (χ4v) is 6.91. The molecule has 1 aliphatic carbocycles. The minimum Gasteiger partial charge on any atom is -0.382 e. The Morgan fingerprint density at radius 1 is 0.958 bits per heavy atom. The number of aliphatic hydroxyl groups is 1. The van der Waals surface area contributed by atoms with E-state index in [2.05, 4.69) is 16.7 Å². The highest BCUT2D eigenvalue weighted by Crippen LogP contribution is 2.60. The molecule has 7 atom stereocenters. The van der Waals surface area contributed by atoms with Gasteiger partial charge in [0.05, 0.1) is 16.5 Å². The van der Waals surface area contributed by atoms with Gasteiger partial charge in [0.25, 0.3) is 6.43 Å². The molecule has 5 rings (SSSR count). The van der Waals surface area contributed by atoms with Crippen LogP contribution >= 0.6 is 0 Å². The molecule has 0 spiro atoms. The largest absolute Gasteiger partial charge is 0.407 e. The number of nitrogens with zero attached hydrogens (tertiary/aromatic N) is 1. The van der Waals surface area contributed by atoms with Crippen molar-refractivity contribution in [2.24, 2.45) is 5.92 Å². The number of rotatable bonds is 13. The van der Waals surface area contributed by atoms with Crippen molar-refractivity contribution in [3.05, 3.63) is 89.5 Å². The topological polar surface area (TPSA) is 115 Å². The molecule has 1 saturated carbocycles. The van der Waals surface area contributed by atoms with Crippen molar-refractivity contribution in [1.82, 2.24) is 10.6 Å². The summed E-state index contributed by atoms with van der Waals surface area (Å²) in [6.45, 7) is 2.60. The molecule has 1 saturated heterocycles. The number of hydrogen-bond donors (Lipinski definition) is 3. The third kappa shape index (κ3) is 7.87. The number of nitriles is 1. The number of halogens is 6. The second-order valence-electron chi connectivity index (χ2n) is 12.9. The standard InChI is InChI=1S/C34H35F6N3O4S/c1-32(2,37)26-17-33(26,29-31(47-29)42-24(18-41)16-19-4-14-25(15-5-19)48(3,45)46)43-28(34(38,39)40)23-12-8-21(9-13-23)20-6-10-22(11-7-20)27(44)30(35)36/h4-15,24,26-31,42-44H,16-17H2,1-3H3/t24-,26-,27+,28-,29?,31?,33?/m0/s1. The fraction of sp³-hybridized carbons (Fsp3) is 0.441. The lowest BCUT2D eigenvalue weighted by molar-refractivity contribution is -0.161. The summed E-state index contributed by atoms with van der Waals surface area (Å²) in [6.07, 6.45) is -10.1. The third-order valence-corrected chi connectivity index (χ3v) is 10.1. The van der Waals surface area contributed by atoms with Gasteiger partial charge in [-0.3, -0.25) is 10.6 Å². The predicted molar refractivity (Wildman–Crippen MR) is 165 cm³/mol. The molecule has 1 aliphatic heterocycles. The van der Waals surface area contributed by atoms with Crippen molar-refractivity contribution in [2.45, 2.75) is 85.9 Å². The van der Waals surface area contributed by atoms with Crippen molar-refractivity contribution < 1.29 is 44.6 Å². The Labute approximate surface area is 274 Å². The van der Waals surface area contributed by atoms with Crippen LogP contribution in [0.1, 0.15) is 49.1 Å². The highest BCUT2D eigenvalue weighted by atomic mass is 32.2. The van der Waals surface area contributed by atoms with E-state index < -0.39 is 70.1 Å². The molecule has 0 radical (unpaired) electrons. The molecular formula is C34H35F6N3O4S. The van der Waals surface area contributed by atoms with Crippen LogP contribution in [-0.4, -0.2) is 62.0 Å². The van der Waals surface area contributed by atoms with Gasteiger partial charge in [0.2, 0.25) is 0 Å². The van der Waals surface area contributed by atoms with Crippen molar-refractivity contribution in [2.75, 3.05) is 6.26 Å². The molecule has 3 aromatic rings.